The Bertz CT molecular complexity index is 3330. The number of para-hydroxylation sites is 3. The molecule has 5 nitrogen and oxygen atoms in total. The fraction of sp³-hybridized carbons (Fsp3) is 0.0192. The highest BCUT2D eigenvalue weighted by molar-refractivity contribution is 6.26. The van der Waals surface area contributed by atoms with Crippen molar-refractivity contribution in [2.45, 2.75) is 6.18 Å². The molecule has 3 aromatic heterocycles. The average molecular weight is 784 g/mol. The van der Waals surface area contributed by atoms with E-state index in [0.717, 1.165) is 83.8 Å². The first kappa shape index (κ1) is 35.3. The fourth-order valence-corrected chi connectivity index (χ4v) is 8.49. The molecule has 0 saturated carbocycles. The van der Waals surface area contributed by atoms with E-state index < -0.39 is 11.7 Å². The zero-order valence-corrected chi connectivity index (χ0v) is 31.8. The Morgan fingerprint density at radius 1 is 0.383 bits per heavy atom. The minimum absolute atomic E-state index is 0.443. The van der Waals surface area contributed by atoms with Crippen LogP contribution >= 0.6 is 0 Å². The van der Waals surface area contributed by atoms with Crippen LogP contribution in [-0.4, -0.2) is 24.1 Å². The van der Waals surface area contributed by atoms with Gasteiger partial charge < -0.3 is 9.13 Å². The highest BCUT2D eigenvalue weighted by Crippen LogP contribution is 2.44. The molecule has 3 heterocycles. The maximum absolute atomic E-state index is 14.0. The quantitative estimate of drug-likeness (QED) is 0.169. The van der Waals surface area contributed by atoms with Crippen LogP contribution < -0.4 is 0 Å². The predicted octanol–water partition coefficient (Wildman–Crippen LogP) is 13.8. The second-order valence-electron chi connectivity index (χ2n) is 14.7. The molecule has 11 rings (SSSR count). The molecule has 60 heavy (non-hydrogen) atoms. The van der Waals surface area contributed by atoms with Gasteiger partial charge in [0.15, 0.2) is 17.5 Å². The van der Waals surface area contributed by atoms with Crippen molar-refractivity contribution in [3.05, 3.63) is 200 Å². The molecule has 0 saturated heterocycles. The first-order valence-electron chi connectivity index (χ1n) is 19.6. The lowest BCUT2D eigenvalue weighted by Gasteiger charge is -2.17. The van der Waals surface area contributed by atoms with Gasteiger partial charge >= 0.3 is 6.18 Å². The maximum Gasteiger partial charge on any atom is 0.416 e. The number of hydrogen-bond donors (Lipinski definition) is 0. The van der Waals surface area contributed by atoms with Gasteiger partial charge in [-0.25, -0.2) is 15.0 Å². The van der Waals surface area contributed by atoms with Crippen LogP contribution in [0.1, 0.15) is 5.56 Å². The molecule has 0 aliphatic rings. The summed E-state index contributed by atoms with van der Waals surface area (Å²) in [5.41, 5.74) is 8.90. The topological polar surface area (TPSA) is 48.5 Å². The number of alkyl halides is 3. The van der Waals surface area contributed by atoms with Crippen LogP contribution in [-0.2, 0) is 6.18 Å². The van der Waals surface area contributed by atoms with Gasteiger partial charge in [0, 0.05) is 49.5 Å². The molecule has 0 amide bonds. The van der Waals surface area contributed by atoms with Crippen molar-refractivity contribution in [2.75, 3.05) is 0 Å². The summed E-state index contributed by atoms with van der Waals surface area (Å²) in [6.45, 7) is 0. The Kier molecular flexibility index (Phi) is 8.20. The van der Waals surface area contributed by atoms with Gasteiger partial charge in [0.2, 0.25) is 0 Å². The van der Waals surface area contributed by atoms with E-state index in [2.05, 4.69) is 69.8 Å². The third-order valence-corrected chi connectivity index (χ3v) is 11.2. The van der Waals surface area contributed by atoms with E-state index in [1.807, 2.05) is 109 Å². The molecular formula is C52H32F3N5. The number of hydrogen-bond acceptors (Lipinski definition) is 3. The monoisotopic (exact) mass is 783 g/mol. The Morgan fingerprint density at radius 2 is 0.900 bits per heavy atom. The number of fused-ring (bicyclic) bond motifs is 7. The molecule has 0 N–H and O–H groups in total. The van der Waals surface area contributed by atoms with E-state index in [-0.39, 0.29) is 0 Å². The molecule has 0 aliphatic carbocycles. The Hall–Kier alpha value is -7.84. The molecule has 0 bridgehead atoms. The lowest BCUT2D eigenvalue weighted by Crippen LogP contribution is -2.04. The third kappa shape index (κ3) is 5.83. The molecule has 286 valence electrons. The summed E-state index contributed by atoms with van der Waals surface area (Å²) in [5, 5.41) is 4.29. The second kappa shape index (κ2) is 13.9. The summed E-state index contributed by atoms with van der Waals surface area (Å²) in [6.07, 6.45) is -4.48. The normalized spacial score (nSPS) is 11.9. The van der Waals surface area contributed by atoms with Crippen molar-refractivity contribution >= 4 is 43.6 Å². The smallest absolute Gasteiger partial charge is 0.309 e. The van der Waals surface area contributed by atoms with Gasteiger partial charge in [-0.15, -0.1) is 0 Å². The molecular weight excluding hydrogens is 752 g/mol. The first-order valence-corrected chi connectivity index (χ1v) is 19.6. The van der Waals surface area contributed by atoms with Crippen molar-refractivity contribution in [1.29, 1.82) is 0 Å². The molecule has 11 aromatic rings. The largest absolute Gasteiger partial charge is 0.416 e. The van der Waals surface area contributed by atoms with E-state index >= 15 is 0 Å². The summed E-state index contributed by atoms with van der Waals surface area (Å²) < 4.78 is 46.5. The van der Waals surface area contributed by atoms with Gasteiger partial charge in [0.25, 0.3) is 0 Å². The number of halogens is 3. The summed E-state index contributed by atoms with van der Waals surface area (Å²) >= 11 is 0. The summed E-state index contributed by atoms with van der Waals surface area (Å²) in [6, 6.07) is 62.3. The van der Waals surface area contributed by atoms with Crippen LogP contribution in [0, 0.1) is 0 Å². The van der Waals surface area contributed by atoms with Crippen LogP contribution in [0.4, 0.5) is 13.2 Å². The minimum atomic E-state index is -4.48. The van der Waals surface area contributed by atoms with Gasteiger partial charge in [-0.05, 0) is 66.2 Å². The number of nitrogens with zero attached hydrogens (tertiary/aromatic N) is 5. The highest BCUT2D eigenvalue weighted by Gasteiger charge is 2.30. The summed E-state index contributed by atoms with van der Waals surface area (Å²) in [7, 11) is 0. The highest BCUT2D eigenvalue weighted by atomic mass is 19.4. The Labute approximate surface area is 342 Å². The number of benzene rings is 8. The van der Waals surface area contributed by atoms with E-state index in [1.165, 1.54) is 0 Å². The van der Waals surface area contributed by atoms with Gasteiger partial charge in [0.1, 0.15) is 0 Å². The van der Waals surface area contributed by atoms with Crippen molar-refractivity contribution in [1.82, 2.24) is 24.1 Å². The Balaban J connectivity index is 1.22. The number of aromatic nitrogens is 5. The molecule has 0 spiro atoms. The SMILES string of the molecule is FC(F)(F)c1ccc(-c2cc(-c3nc(-c4ccccc4)nc(-c4ccccc4)n3)ccc2-n2c3ccccc3c3ccc4c(c5ccccc5n4-c4ccccc4)c32)cc1. The van der Waals surface area contributed by atoms with Crippen molar-refractivity contribution in [3.8, 4) is 56.7 Å². The molecule has 0 aliphatic heterocycles. The minimum Gasteiger partial charge on any atom is -0.309 e. The standard InChI is InChI=1S/C52H32F3N5/c53-52(54,55)37-27-24-33(25-28-37)42-32-36(51-57-49(34-14-4-1-5-15-34)56-50(58-51)35-16-6-2-7-17-35)26-30-45(42)60-43-22-12-10-20-39(43)40-29-31-46-47(48(40)60)41-21-11-13-23-44(41)59(46)38-18-8-3-9-19-38/h1-32H. The predicted molar refractivity (Wildman–Crippen MR) is 235 cm³/mol. The number of rotatable bonds is 6. The van der Waals surface area contributed by atoms with Crippen molar-refractivity contribution in [2.24, 2.45) is 0 Å². The molecule has 0 unspecified atom stereocenters. The fourth-order valence-electron chi connectivity index (χ4n) is 8.49. The van der Waals surface area contributed by atoms with Crippen LogP contribution in [0.2, 0.25) is 0 Å². The second-order valence-corrected chi connectivity index (χ2v) is 14.7. The van der Waals surface area contributed by atoms with E-state index in [1.54, 1.807) is 12.1 Å². The maximum atomic E-state index is 14.0. The lowest BCUT2D eigenvalue weighted by atomic mass is 9.98. The van der Waals surface area contributed by atoms with Gasteiger partial charge in [-0.3, -0.25) is 0 Å². The van der Waals surface area contributed by atoms with E-state index in [9.17, 15) is 13.2 Å². The van der Waals surface area contributed by atoms with Crippen LogP contribution in [0.5, 0.6) is 0 Å². The van der Waals surface area contributed by atoms with Crippen LogP contribution in [0.3, 0.4) is 0 Å². The molecule has 0 fully saturated rings. The zero-order valence-electron chi connectivity index (χ0n) is 31.8. The summed E-state index contributed by atoms with van der Waals surface area (Å²) in [5.74, 6) is 1.47. The van der Waals surface area contributed by atoms with E-state index in [0.29, 0.717) is 28.6 Å². The zero-order chi connectivity index (χ0) is 40.4. The summed E-state index contributed by atoms with van der Waals surface area (Å²) in [4.78, 5) is 14.9. The first-order chi connectivity index (χ1) is 29.4. The average Bonchev–Trinajstić information content (AvgIpc) is 3.82. The third-order valence-electron chi connectivity index (χ3n) is 11.2. The van der Waals surface area contributed by atoms with Crippen LogP contribution in [0.25, 0.3) is 100 Å². The molecule has 0 atom stereocenters. The molecule has 8 heteroatoms. The molecule has 0 radical (unpaired) electrons. The van der Waals surface area contributed by atoms with Crippen LogP contribution in [0.15, 0.2) is 194 Å². The Morgan fingerprint density at radius 3 is 1.52 bits per heavy atom. The van der Waals surface area contributed by atoms with Gasteiger partial charge in [-0.1, -0.05) is 133 Å². The molecule has 8 aromatic carbocycles. The van der Waals surface area contributed by atoms with Crippen molar-refractivity contribution < 1.29 is 13.2 Å². The van der Waals surface area contributed by atoms with Crippen molar-refractivity contribution in [3.63, 3.8) is 0 Å². The lowest BCUT2D eigenvalue weighted by molar-refractivity contribution is -0.137. The van der Waals surface area contributed by atoms with Gasteiger partial charge in [-0.2, -0.15) is 13.2 Å². The van der Waals surface area contributed by atoms with E-state index in [4.69, 9.17) is 15.0 Å². The van der Waals surface area contributed by atoms with Gasteiger partial charge in [0.05, 0.1) is 33.3 Å².